The van der Waals surface area contributed by atoms with Crippen LogP contribution in [0, 0.1) is 0 Å². The van der Waals surface area contributed by atoms with Crippen LogP contribution >= 0.6 is 0 Å². The number of carbonyl (C=O) groups is 1. The summed E-state index contributed by atoms with van der Waals surface area (Å²) in [5.74, 6) is 1.86. The van der Waals surface area contributed by atoms with Crippen molar-refractivity contribution in [2.45, 2.75) is 70.9 Å². The fourth-order valence-corrected chi connectivity index (χ4v) is 2.92. The van der Waals surface area contributed by atoms with Crippen LogP contribution in [0.1, 0.15) is 69.7 Å². The first-order valence-corrected chi connectivity index (χ1v) is 9.28. The Balaban J connectivity index is 1.64. The number of hydrogen-bond acceptors (Lipinski definition) is 4. The molecule has 140 valence electrons. The van der Waals surface area contributed by atoms with E-state index < -0.39 is 0 Å². The molecular weight excluding hydrogens is 318 g/mol. The van der Waals surface area contributed by atoms with Crippen LogP contribution < -0.4 is 16.0 Å². The van der Waals surface area contributed by atoms with Crippen LogP contribution in [0.25, 0.3) is 0 Å². The van der Waals surface area contributed by atoms with Crippen molar-refractivity contribution in [2.24, 2.45) is 4.99 Å². The zero-order valence-electron chi connectivity index (χ0n) is 15.6. The topological polar surface area (TPSA) is 91.5 Å². The highest BCUT2D eigenvalue weighted by Crippen LogP contribution is 2.17. The average Bonchev–Trinajstić information content (AvgIpc) is 3.08. The lowest BCUT2D eigenvalue weighted by Crippen LogP contribution is -2.41. The molecule has 1 amide bonds. The SMILES string of the molecule is CN=C(NCCC(=O)NC1CCCCC1)NCc1cc(C(C)C)no1. The molecular formula is C18H31N5O2. The quantitative estimate of drug-likeness (QED) is 0.519. The van der Waals surface area contributed by atoms with Gasteiger partial charge in [-0.25, -0.2) is 0 Å². The molecule has 1 saturated carbocycles. The summed E-state index contributed by atoms with van der Waals surface area (Å²) in [5.41, 5.74) is 0.944. The molecule has 0 aliphatic heterocycles. The summed E-state index contributed by atoms with van der Waals surface area (Å²) in [6.45, 7) is 5.21. The van der Waals surface area contributed by atoms with Crippen molar-refractivity contribution >= 4 is 11.9 Å². The van der Waals surface area contributed by atoms with Crippen LogP contribution in [0.5, 0.6) is 0 Å². The van der Waals surface area contributed by atoms with E-state index in [0.29, 0.717) is 37.4 Å². The first kappa shape index (κ1) is 19.3. The third-order valence-corrected chi connectivity index (χ3v) is 4.44. The molecule has 0 saturated heterocycles. The Labute approximate surface area is 150 Å². The Kier molecular flexibility index (Phi) is 7.76. The monoisotopic (exact) mass is 349 g/mol. The number of guanidine groups is 1. The Morgan fingerprint density at radius 2 is 2.08 bits per heavy atom. The molecule has 0 aromatic carbocycles. The second kappa shape index (κ2) is 10.1. The van der Waals surface area contributed by atoms with Gasteiger partial charge in [0.05, 0.1) is 12.2 Å². The molecule has 25 heavy (non-hydrogen) atoms. The molecule has 1 aromatic heterocycles. The van der Waals surface area contributed by atoms with Gasteiger partial charge in [0, 0.05) is 32.1 Å². The highest BCUT2D eigenvalue weighted by atomic mass is 16.5. The van der Waals surface area contributed by atoms with E-state index >= 15 is 0 Å². The van der Waals surface area contributed by atoms with Crippen molar-refractivity contribution in [3.63, 3.8) is 0 Å². The number of nitrogens with one attached hydrogen (secondary N) is 3. The van der Waals surface area contributed by atoms with Crippen LogP contribution in [0.3, 0.4) is 0 Å². The smallest absolute Gasteiger partial charge is 0.221 e. The maximum absolute atomic E-state index is 12.0. The summed E-state index contributed by atoms with van der Waals surface area (Å²) in [5, 5.41) is 13.5. The number of amides is 1. The number of aliphatic imine (C=N–C) groups is 1. The summed E-state index contributed by atoms with van der Waals surface area (Å²) in [7, 11) is 1.71. The second-order valence-electron chi connectivity index (χ2n) is 6.88. The molecule has 2 rings (SSSR count). The average molecular weight is 349 g/mol. The van der Waals surface area contributed by atoms with E-state index in [-0.39, 0.29) is 5.91 Å². The highest BCUT2D eigenvalue weighted by molar-refractivity contribution is 5.81. The van der Waals surface area contributed by atoms with E-state index in [1.165, 1.54) is 19.3 Å². The van der Waals surface area contributed by atoms with Gasteiger partial charge < -0.3 is 20.5 Å². The van der Waals surface area contributed by atoms with Crippen LogP contribution in [0.15, 0.2) is 15.6 Å². The Bertz CT molecular complexity index is 562. The summed E-state index contributed by atoms with van der Waals surface area (Å²) in [6, 6.07) is 2.31. The molecule has 1 heterocycles. The number of rotatable bonds is 7. The highest BCUT2D eigenvalue weighted by Gasteiger charge is 2.15. The molecule has 0 bridgehead atoms. The Morgan fingerprint density at radius 3 is 2.72 bits per heavy atom. The predicted molar refractivity (Wildman–Crippen MR) is 98.4 cm³/mol. The molecule has 7 nitrogen and oxygen atoms in total. The third-order valence-electron chi connectivity index (χ3n) is 4.44. The van der Waals surface area contributed by atoms with Gasteiger partial charge in [0.25, 0.3) is 0 Å². The van der Waals surface area contributed by atoms with Crippen LogP contribution in [0.4, 0.5) is 0 Å². The van der Waals surface area contributed by atoms with E-state index in [4.69, 9.17) is 4.52 Å². The number of aromatic nitrogens is 1. The molecule has 0 spiro atoms. The minimum Gasteiger partial charge on any atom is -0.359 e. The van der Waals surface area contributed by atoms with Crippen molar-refractivity contribution in [3.05, 3.63) is 17.5 Å². The molecule has 3 N–H and O–H groups in total. The minimum atomic E-state index is 0.103. The zero-order valence-corrected chi connectivity index (χ0v) is 15.6. The first-order valence-electron chi connectivity index (χ1n) is 9.28. The molecule has 0 unspecified atom stereocenters. The Morgan fingerprint density at radius 1 is 1.32 bits per heavy atom. The van der Waals surface area contributed by atoms with E-state index in [1.54, 1.807) is 7.05 Å². The van der Waals surface area contributed by atoms with Crippen molar-refractivity contribution in [2.75, 3.05) is 13.6 Å². The fraction of sp³-hybridized carbons (Fsp3) is 0.722. The summed E-state index contributed by atoms with van der Waals surface area (Å²) >= 11 is 0. The van der Waals surface area contributed by atoms with Gasteiger partial charge in [0.15, 0.2) is 11.7 Å². The van der Waals surface area contributed by atoms with E-state index in [2.05, 4.69) is 39.9 Å². The number of nitrogens with zero attached hydrogens (tertiary/aromatic N) is 2. The summed E-state index contributed by atoms with van der Waals surface area (Å²) in [6.07, 6.45) is 6.40. The summed E-state index contributed by atoms with van der Waals surface area (Å²) < 4.78 is 5.29. The van der Waals surface area contributed by atoms with Gasteiger partial charge in [-0.15, -0.1) is 0 Å². The maximum Gasteiger partial charge on any atom is 0.221 e. The fourth-order valence-electron chi connectivity index (χ4n) is 2.92. The molecule has 0 radical (unpaired) electrons. The Hall–Kier alpha value is -2.05. The van der Waals surface area contributed by atoms with Crippen LogP contribution in [-0.4, -0.2) is 36.7 Å². The predicted octanol–water partition coefficient (Wildman–Crippen LogP) is 2.30. The number of carbonyl (C=O) groups excluding carboxylic acids is 1. The molecule has 7 heteroatoms. The largest absolute Gasteiger partial charge is 0.359 e. The molecule has 1 aromatic rings. The van der Waals surface area contributed by atoms with E-state index in [0.717, 1.165) is 24.3 Å². The van der Waals surface area contributed by atoms with Crippen molar-refractivity contribution in [1.29, 1.82) is 0 Å². The van der Waals surface area contributed by atoms with E-state index in [9.17, 15) is 4.79 Å². The zero-order chi connectivity index (χ0) is 18.1. The molecule has 1 aliphatic rings. The third kappa shape index (κ3) is 6.76. The lowest BCUT2D eigenvalue weighted by atomic mass is 9.95. The van der Waals surface area contributed by atoms with Crippen molar-refractivity contribution < 1.29 is 9.32 Å². The van der Waals surface area contributed by atoms with Crippen molar-refractivity contribution in [3.8, 4) is 0 Å². The van der Waals surface area contributed by atoms with Gasteiger partial charge in [-0.2, -0.15) is 0 Å². The van der Waals surface area contributed by atoms with Gasteiger partial charge in [-0.05, 0) is 18.8 Å². The minimum absolute atomic E-state index is 0.103. The lowest BCUT2D eigenvalue weighted by Gasteiger charge is -2.22. The van der Waals surface area contributed by atoms with Gasteiger partial charge in [-0.3, -0.25) is 9.79 Å². The molecule has 0 atom stereocenters. The van der Waals surface area contributed by atoms with Crippen LogP contribution in [0.2, 0.25) is 0 Å². The van der Waals surface area contributed by atoms with Gasteiger partial charge >= 0.3 is 0 Å². The maximum atomic E-state index is 12.0. The summed E-state index contributed by atoms with van der Waals surface area (Å²) in [4.78, 5) is 16.2. The van der Waals surface area contributed by atoms with Gasteiger partial charge in [0.1, 0.15) is 0 Å². The van der Waals surface area contributed by atoms with Gasteiger partial charge in [0.2, 0.25) is 5.91 Å². The molecule has 1 aliphatic carbocycles. The normalized spacial score (nSPS) is 16.1. The van der Waals surface area contributed by atoms with Gasteiger partial charge in [-0.1, -0.05) is 38.3 Å². The van der Waals surface area contributed by atoms with Crippen molar-refractivity contribution in [1.82, 2.24) is 21.1 Å². The lowest BCUT2D eigenvalue weighted by molar-refractivity contribution is -0.121. The first-order chi connectivity index (χ1) is 12.1. The molecule has 1 fully saturated rings. The second-order valence-corrected chi connectivity index (χ2v) is 6.88. The number of hydrogen-bond donors (Lipinski definition) is 3. The van der Waals surface area contributed by atoms with Crippen LogP contribution in [-0.2, 0) is 11.3 Å². The van der Waals surface area contributed by atoms with E-state index in [1.807, 2.05) is 6.07 Å². The standard InChI is InChI=1S/C18H31N5O2/c1-13(2)16-11-15(25-23-16)12-21-18(19-3)20-10-9-17(24)22-14-7-5-4-6-8-14/h11,13-14H,4-10,12H2,1-3H3,(H,22,24)(H2,19,20,21).